The molecule has 4 bridgehead atoms. The predicted molar refractivity (Wildman–Crippen MR) is 250 cm³/mol. The minimum absolute atomic E-state index is 0. The van der Waals surface area contributed by atoms with Gasteiger partial charge in [-0.15, -0.1) is 69.1 Å². The molecule has 0 aromatic heterocycles. The molecule has 4 aliphatic carbocycles. The van der Waals surface area contributed by atoms with E-state index in [1.165, 1.54) is 145 Å². The topological polar surface area (TPSA) is 0 Å². The molecule has 4 heteroatoms. The van der Waals surface area contributed by atoms with Gasteiger partial charge in [0.25, 0.3) is 0 Å². The quantitative estimate of drug-likeness (QED) is 0.0949. The van der Waals surface area contributed by atoms with Crippen molar-refractivity contribution in [1.82, 2.24) is 0 Å². The standard InChI is InChI=1S/2C27H31.C2H6Si.2ClH.Zr/c2*1-3-19(2)22-7-9-23(10-8-22)25-6-4-5-24-15-21(16-26(24)25)18-27-13-11-20(17-27)12-14-27;1-3-2;;;/h2*4-10,15-16,19-20H,3,11-14,17-18H2,1-2H3;1-2H3;2*1H;/q2*-1;;;;+2/p-2. The van der Waals surface area contributed by atoms with Crippen molar-refractivity contribution < 1.29 is 48.1 Å². The van der Waals surface area contributed by atoms with Crippen LogP contribution in [0.3, 0.4) is 0 Å². The van der Waals surface area contributed by atoms with Gasteiger partial charge in [-0.25, -0.2) is 0 Å². The summed E-state index contributed by atoms with van der Waals surface area (Å²) in [5.41, 5.74) is 13.0. The molecule has 6 aromatic rings. The molecular weight excluding hydrogens is 863 g/mol. The molecule has 0 saturated heterocycles. The monoisotopic (exact) mass is 928 g/mol. The van der Waals surface area contributed by atoms with Crippen molar-refractivity contribution in [3.8, 4) is 22.3 Å². The third kappa shape index (κ3) is 10.6. The van der Waals surface area contributed by atoms with Crippen LogP contribution in [0.5, 0.6) is 0 Å². The summed E-state index contributed by atoms with van der Waals surface area (Å²) in [6.45, 7) is 13.8. The number of hydrogen-bond donors (Lipinski definition) is 0. The zero-order chi connectivity index (χ0) is 40.4. The average molecular weight is 931 g/mol. The molecule has 0 amide bonds. The van der Waals surface area contributed by atoms with E-state index in [9.17, 15) is 0 Å². The Morgan fingerprint density at radius 2 is 0.933 bits per heavy atom. The van der Waals surface area contributed by atoms with E-state index < -0.39 is 0 Å². The van der Waals surface area contributed by atoms with Crippen LogP contribution in [0.2, 0.25) is 13.1 Å². The first-order valence-corrected chi connectivity index (χ1v) is 29.3. The molecule has 0 aliphatic heterocycles. The Morgan fingerprint density at radius 1 is 0.583 bits per heavy atom. The largest absolute Gasteiger partial charge is 1.00 e. The smallest absolute Gasteiger partial charge is 1.00 e. The van der Waals surface area contributed by atoms with Gasteiger partial charge in [-0.05, 0) is 147 Å². The van der Waals surface area contributed by atoms with Gasteiger partial charge in [-0.2, -0.15) is 12.1 Å². The van der Waals surface area contributed by atoms with Crippen molar-refractivity contribution in [2.75, 3.05) is 0 Å². The van der Waals surface area contributed by atoms with Gasteiger partial charge >= 0.3 is 41.9 Å². The summed E-state index contributed by atoms with van der Waals surface area (Å²) in [6.07, 6.45) is 19.7. The molecule has 0 N–H and O–H groups in total. The van der Waals surface area contributed by atoms with Crippen LogP contribution < -0.4 is 24.8 Å². The van der Waals surface area contributed by atoms with Crippen LogP contribution in [0.25, 0.3) is 43.8 Å². The van der Waals surface area contributed by atoms with Crippen molar-refractivity contribution in [2.24, 2.45) is 22.7 Å². The van der Waals surface area contributed by atoms with Gasteiger partial charge in [0.05, 0.1) is 0 Å². The number of halogens is 2. The van der Waals surface area contributed by atoms with Crippen molar-refractivity contribution >= 4 is 27.0 Å². The molecule has 2 unspecified atom stereocenters. The van der Waals surface area contributed by atoms with Gasteiger partial charge in [0.2, 0.25) is 0 Å². The van der Waals surface area contributed by atoms with Gasteiger partial charge in [0, 0.05) is 0 Å². The first-order valence-electron chi connectivity index (χ1n) is 23.1. The van der Waals surface area contributed by atoms with Gasteiger partial charge in [-0.3, -0.25) is 0 Å². The SMILES string of the molecule is CCC(C)c1ccc(-c2cccc3[cH-]c(CC45CCC(CC4)C5)cc23)cc1.CCC(C)c1ccc(-c2cccc3[cH-]c(CC45CCC(CC4)C5)cc23)cc1.C[Si](C)=[Zr+2].[Cl-].[Cl-]. The summed E-state index contributed by atoms with van der Waals surface area (Å²) < 4.78 is 0. The first kappa shape index (κ1) is 47.3. The van der Waals surface area contributed by atoms with Crippen LogP contribution in [-0.4, -0.2) is 5.43 Å². The van der Waals surface area contributed by atoms with E-state index in [2.05, 4.69) is 150 Å². The molecular formula is C56H68Cl2SiZr-2. The van der Waals surface area contributed by atoms with Crippen molar-refractivity contribution in [2.45, 2.75) is 143 Å². The van der Waals surface area contributed by atoms with E-state index in [1.54, 1.807) is 34.5 Å². The second-order valence-corrected chi connectivity index (χ2v) is 29.2. The van der Waals surface area contributed by atoms with Crippen LogP contribution in [0.4, 0.5) is 0 Å². The van der Waals surface area contributed by atoms with Gasteiger partial charge in [-0.1, -0.05) is 99.5 Å². The van der Waals surface area contributed by atoms with Crippen LogP contribution in [0.1, 0.15) is 139 Å². The Labute approximate surface area is 391 Å². The maximum absolute atomic E-state index is 2.49. The normalized spacial score (nSPS) is 23.3. The zero-order valence-electron chi connectivity index (χ0n) is 37.4. The number of benzene rings is 4. The minimum Gasteiger partial charge on any atom is -1.00 e. The summed E-state index contributed by atoms with van der Waals surface area (Å²) in [7, 11) is 0. The second-order valence-electron chi connectivity index (χ2n) is 19.9. The first-order chi connectivity index (χ1) is 28.0. The summed E-state index contributed by atoms with van der Waals surface area (Å²) in [6, 6.07) is 42.1. The maximum Gasteiger partial charge on any atom is -1.00 e. The average Bonchev–Trinajstić information content (AvgIpc) is 4.11. The van der Waals surface area contributed by atoms with Crippen LogP contribution in [0.15, 0.2) is 109 Å². The predicted octanol–water partition coefficient (Wildman–Crippen LogP) is 10.5. The Morgan fingerprint density at radius 3 is 1.23 bits per heavy atom. The van der Waals surface area contributed by atoms with E-state index in [4.69, 9.17) is 0 Å². The minimum atomic E-state index is 0. The molecule has 2 atom stereocenters. The molecule has 4 saturated carbocycles. The van der Waals surface area contributed by atoms with Gasteiger partial charge in [0.1, 0.15) is 0 Å². The molecule has 4 aliphatic rings. The van der Waals surface area contributed by atoms with Crippen molar-refractivity contribution in [1.29, 1.82) is 0 Å². The van der Waals surface area contributed by atoms with E-state index in [1.807, 2.05) is 0 Å². The van der Waals surface area contributed by atoms with Crippen LogP contribution >= 0.6 is 0 Å². The molecule has 0 nitrogen and oxygen atoms in total. The van der Waals surface area contributed by atoms with Crippen molar-refractivity contribution in [3.05, 3.63) is 131 Å². The molecule has 60 heavy (non-hydrogen) atoms. The molecule has 0 radical (unpaired) electrons. The van der Waals surface area contributed by atoms with E-state index >= 15 is 0 Å². The second kappa shape index (κ2) is 20.5. The van der Waals surface area contributed by atoms with E-state index in [0.29, 0.717) is 22.7 Å². The Kier molecular flexibility index (Phi) is 16.2. The Hall–Kier alpha value is -2.22. The molecule has 0 spiro atoms. The summed E-state index contributed by atoms with van der Waals surface area (Å²) in [5.74, 6) is 3.35. The molecule has 6 aromatic carbocycles. The summed E-state index contributed by atoms with van der Waals surface area (Å²) in [4.78, 5) is 0. The molecule has 0 heterocycles. The summed E-state index contributed by atoms with van der Waals surface area (Å²) >= 11 is 1.74. The van der Waals surface area contributed by atoms with E-state index in [-0.39, 0.29) is 30.2 Å². The third-order valence-electron chi connectivity index (χ3n) is 15.4. The Balaban J connectivity index is 0.000000179. The summed E-state index contributed by atoms with van der Waals surface area (Å²) in [5, 5.41) is 5.70. The fraction of sp³-hybridized carbons (Fsp3) is 0.464. The van der Waals surface area contributed by atoms with Crippen LogP contribution in [-0.2, 0) is 36.2 Å². The maximum atomic E-state index is 2.49. The van der Waals surface area contributed by atoms with E-state index in [0.717, 1.165) is 11.8 Å². The molecule has 4 fully saturated rings. The number of rotatable bonds is 10. The third-order valence-corrected chi connectivity index (χ3v) is 15.4. The van der Waals surface area contributed by atoms with Crippen molar-refractivity contribution in [3.63, 3.8) is 0 Å². The number of hydrogen-bond acceptors (Lipinski definition) is 0. The Bertz CT molecular complexity index is 2150. The molecule has 316 valence electrons. The van der Waals surface area contributed by atoms with Gasteiger partial charge < -0.3 is 24.8 Å². The van der Waals surface area contributed by atoms with Gasteiger partial charge in [0.15, 0.2) is 0 Å². The van der Waals surface area contributed by atoms with Crippen LogP contribution in [0, 0.1) is 22.7 Å². The fourth-order valence-corrected chi connectivity index (χ4v) is 11.7. The number of fused-ring (bicyclic) bond motifs is 6. The zero-order valence-corrected chi connectivity index (χ0v) is 42.3. The molecule has 10 rings (SSSR count). The fourth-order valence-electron chi connectivity index (χ4n) is 11.7.